The van der Waals surface area contributed by atoms with E-state index in [1.54, 1.807) is 29.3 Å². The maximum atomic E-state index is 13.2. The summed E-state index contributed by atoms with van der Waals surface area (Å²) in [5, 5.41) is 12.2. The SMILES string of the molecule is N#Cc1cccnc1N1CCCN(C(=O)NCCc2cccc(F)c2)CC1. The molecule has 2 heterocycles. The minimum Gasteiger partial charge on any atom is -0.354 e. The number of nitrogens with zero attached hydrogens (tertiary/aromatic N) is 4. The molecule has 0 atom stereocenters. The Labute approximate surface area is 158 Å². The third-order valence-electron chi connectivity index (χ3n) is 4.57. The lowest BCUT2D eigenvalue weighted by Crippen LogP contribution is -2.42. The lowest BCUT2D eigenvalue weighted by atomic mass is 10.1. The molecule has 140 valence electrons. The molecule has 1 aromatic heterocycles. The van der Waals surface area contributed by atoms with Gasteiger partial charge in [-0.3, -0.25) is 0 Å². The average molecular weight is 367 g/mol. The first-order valence-corrected chi connectivity index (χ1v) is 9.04. The van der Waals surface area contributed by atoms with Gasteiger partial charge in [-0.2, -0.15) is 5.26 Å². The third kappa shape index (κ3) is 4.94. The van der Waals surface area contributed by atoms with Crippen LogP contribution in [-0.2, 0) is 6.42 Å². The fourth-order valence-electron chi connectivity index (χ4n) is 3.19. The van der Waals surface area contributed by atoms with E-state index in [1.165, 1.54) is 12.1 Å². The Morgan fingerprint density at radius 1 is 1.22 bits per heavy atom. The first-order valence-electron chi connectivity index (χ1n) is 9.04. The van der Waals surface area contributed by atoms with E-state index in [4.69, 9.17) is 0 Å². The van der Waals surface area contributed by atoms with E-state index in [-0.39, 0.29) is 11.8 Å². The molecule has 2 amide bonds. The quantitative estimate of drug-likeness (QED) is 0.901. The number of urea groups is 1. The van der Waals surface area contributed by atoms with Crippen molar-refractivity contribution in [3.8, 4) is 6.07 Å². The molecule has 1 fully saturated rings. The van der Waals surface area contributed by atoms with E-state index in [2.05, 4.69) is 21.3 Å². The van der Waals surface area contributed by atoms with Gasteiger partial charge in [-0.25, -0.2) is 14.2 Å². The van der Waals surface area contributed by atoms with Crippen LogP contribution in [-0.4, -0.2) is 48.6 Å². The zero-order valence-electron chi connectivity index (χ0n) is 15.1. The fourth-order valence-corrected chi connectivity index (χ4v) is 3.19. The molecule has 3 rings (SSSR count). The Hall–Kier alpha value is -3.14. The number of hydrogen-bond acceptors (Lipinski definition) is 4. The molecule has 1 N–H and O–H groups in total. The molecule has 1 saturated heterocycles. The van der Waals surface area contributed by atoms with Crippen LogP contribution in [0, 0.1) is 17.1 Å². The van der Waals surface area contributed by atoms with Crippen molar-refractivity contribution in [2.45, 2.75) is 12.8 Å². The van der Waals surface area contributed by atoms with Gasteiger partial charge >= 0.3 is 6.03 Å². The highest BCUT2D eigenvalue weighted by Crippen LogP contribution is 2.18. The number of anilines is 1. The van der Waals surface area contributed by atoms with Crippen molar-refractivity contribution in [3.63, 3.8) is 0 Å². The fraction of sp³-hybridized carbons (Fsp3) is 0.350. The summed E-state index contributed by atoms with van der Waals surface area (Å²) in [5.41, 5.74) is 1.40. The van der Waals surface area contributed by atoms with Crippen molar-refractivity contribution in [1.82, 2.24) is 15.2 Å². The Morgan fingerprint density at radius 2 is 2.11 bits per heavy atom. The summed E-state index contributed by atoms with van der Waals surface area (Å²) < 4.78 is 13.2. The highest BCUT2D eigenvalue weighted by atomic mass is 19.1. The predicted molar refractivity (Wildman–Crippen MR) is 101 cm³/mol. The molecule has 7 heteroatoms. The van der Waals surface area contributed by atoms with E-state index in [9.17, 15) is 14.4 Å². The second-order valence-corrected chi connectivity index (χ2v) is 6.43. The van der Waals surface area contributed by atoms with E-state index in [0.717, 1.165) is 18.5 Å². The van der Waals surface area contributed by atoms with Gasteiger partial charge in [-0.05, 0) is 42.7 Å². The maximum Gasteiger partial charge on any atom is 0.317 e. The minimum absolute atomic E-state index is 0.116. The lowest BCUT2D eigenvalue weighted by molar-refractivity contribution is 0.201. The second kappa shape index (κ2) is 8.99. The molecule has 0 aliphatic carbocycles. The number of amides is 2. The van der Waals surface area contributed by atoms with Crippen molar-refractivity contribution < 1.29 is 9.18 Å². The highest BCUT2D eigenvalue weighted by Gasteiger charge is 2.21. The van der Waals surface area contributed by atoms with E-state index in [1.807, 2.05) is 6.07 Å². The van der Waals surface area contributed by atoms with Crippen LogP contribution in [0.3, 0.4) is 0 Å². The molecular weight excluding hydrogens is 345 g/mol. The average Bonchev–Trinajstić information content (AvgIpc) is 2.94. The Bertz CT molecular complexity index is 835. The molecular formula is C20H22FN5O. The molecule has 2 aromatic rings. The molecule has 1 aromatic carbocycles. The topological polar surface area (TPSA) is 72.3 Å². The van der Waals surface area contributed by atoms with Crippen molar-refractivity contribution >= 4 is 11.8 Å². The summed E-state index contributed by atoms with van der Waals surface area (Å²) in [4.78, 5) is 20.6. The van der Waals surface area contributed by atoms with Gasteiger partial charge in [0.1, 0.15) is 17.7 Å². The van der Waals surface area contributed by atoms with Gasteiger partial charge in [0.2, 0.25) is 0 Å². The van der Waals surface area contributed by atoms with Crippen molar-refractivity contribution in [1.29, 1.82) is 5.26 Å². The number of rotatable bonds is 4. The van der Waals surface area contributed by atoms with Crippen LogP contribution >= 0.6 is 0 Å². The number of nitrogens with one attached hydrogen (secondary N) is 1. The number of halogens is 1. The monoisotopic (exact) mass is 367 g/mol. The number of aromatic nitrogens is 1. The molecule has 0 saturated carbocycles. The van der Waals surface area contributed by atoms with Crippen molar-refractivity contribution in [2.75, 3.05) is 37.6 Å². The van der Waals surface area contributed by atoms with Crippen LogP contribution in [0.4, 0.5) is 15.0 Å². The Balaban J connectivity index is 1.51. The molecule has 0 bridgehead atoms. The molecule has 0 unspecified atom stereocenters. The molecule has 1 aliphatic heterocycles. The van der Waals surface area contributed by atoms with Crippen LogP contribution in [0.1, 0.15) is 17.5 Å². The smallest absolute Gasteiger partial charge is 0.317 e. The zero-order valence-corrected chi connectivity index (χ0v) is 15.1. The highest BCUT2D eigenvalue weighted by molar-refractivity contribution is 5.74. The predicted octanol–water partition coefficient (Wildman–Crippen LogP) is 2.56. The number of pyridine rings is 1. The van der Waals surface area contributed by atoms with Crippen LogP contribution < -0.4 is 10.2 Å². The summed E-state index contributed by atoms with van der Waals surface area (Å²) in [5.74, 6) is 0.408. The van der Waals surface area contributed by atoms with Crippen LogP contribution in [0.2, 0.25) is 0 Å². The van der Waals surface area contributed by atoms with Gasteiger partial charge in [0.25, 0.3) is 0 Å². The summed E-state index contributed by atoms with van der Waals surface area (Å²) in [6.45, 7) is 3.05. The maximum absolute atomic E-state index is 13.2. The molecule has 0 radical (unpaired) electrons. The van der Waals surface area contributed by atoms with E-state index in [0.29, 0.717) is 44.0 Å². The standard InChI is InChI=1S/C20H22FN5O/c21-18-6-1-4-16(14-18)7-9-24-20(27)26-11-3-10-25(12-13-26)19-17(15-22)5-2-8-23-19/h1-2,4-6,8,14H,3,7,9-13H2,(H,24,27). The van der Waals surface area contributed by atoms with Gasteiger partial charge < -0.3 is 15.1 Å². The third-order valence-corrected chi connectivity index (χ3v) is 4.57. The normalized spacial score (nSPS) is 14.4. The number of benzene rings is 1. The van der Waals surface area contributed by atoms with Crippen LogP contribution in [0.5, 0.6) is 0 Å². The largest absolute Gasteiger partial charge is 0.354 e. The van der Waals surface area contributed by atoms with Crippen LogP contribution in [0.15, 0.2) is 42.6 Å². The summed E-state index contributed by atoms with van der Waals surface area (Å²) >= 11 is 0. The van der Waals surface area contributed by atoms with Gasteiger partial charge in [0.15, 0.2) is 0 Å². The van der Waals surface area contributed by atoms with Gasteiger partial charge in [0.05, 0.1) is 5.56 Å². The summed E-state index contributed by atoms with van der Waals surface area (Å²) in [6.07, 6.45) is 3.07. The molecule has 27 heavy (non-hydrogen) atoms. The van der Waals surface area contributed by atoms with Gasteiger partial charge in [-0.1, -0.05) is 12.1 Å². The number of nitriles is 1. The van der Waals surface area contributed by atoms with Crippen molar-refractivity contribution in [2.24, 2.45) is 0 Å². The number of carbonyl (C=O) groups is 1. The van der Waals surface area contributed by atoms with E-state index < -0.39 is 0 Å². The second-order valence-electron chi connectivity index (χ2n) is 6.43. The minimum atomic E-state index is -0.266. The molecule has 0 spiro atoms. The first-order chi connectivity index (χ1) is 13.2. The summed E-state index contributed by atoms with van der Waals surface area (Å²) in [6, 6.07) is 12.0. The number of carbonyl (C=O) groups excluding carboxylic acids is 1. The van der Waals surface area contributed by atoms with Gasteiger partial charge in [0, 0.05) is 38.9 Å². The number of hydrogen-bond donors (Lipinski definition) is 1. The van der Waals surface area contributed by atoms with Crippen molar-refractivity contribution in [3.05, 3.63) is 59.5 Å². The Kier molecular flexibility index (Phi) is 6.21. The first kappa shape index (κ1) is 18.6. The molecule has 6 nitrogen and oxygen atoms in total. The summed E-state index contributed by atoms with van der Waals surface area (Å²) in [7, 11) is 0. The lowest BCUT2D eigenvalue weighted by Gasteiger charge is -2.23. The Morgan fingerprint density at radius 3 is 2.93 bits per heavy atom. The van der Waals surface area contributed by atoms with Crippen LogP contribution in [0.25, 0.3) is 0 Å². The zero-order chi connectivity index (χ0) is 19.1. The molecule has 1 aliphatic rings. The van der Waals surface area contributed by atoms with E-state index >= 15 is 0 Å². The van der Waals surface area contributed by atoms with Gasteiger partial charge in [-0.15, -0.1) is 0 Å².